The van der Waals surface area contributed by atoms with Crippen molar-refractivity contribution < 1.29 is 9.59 Å². The Morgan fingerprint density at radius 1 is 1.44 bits per heavy atom. The Balaban J connectivity index is 2.33. The Labute approximate surface area is 109 Å². The Morgan fingerprint density at radius 2 is 2.11 bits per heavy atom. The van der Waals surface area contributed by atoms with Crippen LogP contribution in [0.15, 0.2) is 12.2 Å². The largest absolute Gasteiger partial charge is 0.352 e. The summed E-state index contributed by atoms with van der Waals surface area (Å²) in [4.78, 5) is 24.1. The topological polar surface area (TPSA) is 61.4 Å². The highest BCUT2D eigenvalue weighted by atomic mass is 16.2. The van der Waals surface area contributed by atoms with Crippen LogP contribution in [0.5, 0.6) is 0 Å². The third-order valence-corrected chi connectivity index (χ3v) is 3.20. The number of carbonyl (C=O) groups is 2. The number of nitrogens with zero attached hydrogens (tertiary/aromatic N) is 1. The van der Waals surface area contributed by atoms with Crippen molar-refractivity contribution in [3.8, 4) is 0 Å². The number of hydrogen-bond donors (Lipinski definition) is 2. The van der Waals surface area contributed by atoms with Crippen molar-refractivity contribution in [1.82, 2.24) is 15.5 Å². The van der Waals surface area contributed by atoms with Crippen molar-refractivity contribution >= 4 is 12.4 Å². The average Bonchev–Trinajstić information content (AvgIpc) is 2.89. The molecular formula is C13H23N3O2. The summed E-state index contributed by atoms with van der Waals surface area (Å²) < 4.78 is 0. The van der Waals surface area contributed by atoms with Gasteiger partial charge >= 0.3 is 6.03 Å². The van der Waals surface area contributed by atoms with E-state index < -0.39 is 0 Å². The summed E-state index contributed by atoms with van der Waals surface area (Å²) in [6.07, 6.45) is 4.66. The van der Waals surface area contributed by atoms with Gasteiger partial charge in [0.05, 0.1) is 6.04 Å². The molecule has 0 bridgehead atoms. The predicted octanol–water partition coefficient (Wildman–Crippen LogP) is 1.26. The molecule has 0 aromatic rings. The molecule has 1 heterocycles. The van der Waals surface area contributed by atoms with E-state index >= 15 is 0 Å². The number of amides is 3. The van der Waals surface area contributed by atoms with Crippen LogP contribution in [-0.2, 0) is 4.79 Å². The molecule has 1 atom stereocenters. The van der Waals surface area contributed by atoms with E-state index in [-0.39, 0.29) is 12.1 Å². The van der Waals surface area contributed by atoms with Gasteiger partial charge in [-0.15, -0.1) is 0 Å². The summed E-state index contributed by atoms with van der Waals surface area (Å²) in [5, 5.41) is 5.58. The van der Waals surface area contributed by atoms with E-state index in [4.69, 9.17) is 0 Å². The highest BCUT2D eigenvalue weighted by Gasteiger charge is 2.18. The molecule has 5 heteroatoms. The molecule has 1 saturated heterocycles. The minimum absolute atomic E-state index is 0.0324. The quantitative estimate of drug-likeness (QED) is 0.530. The van der Waals surface area contributed by atoms with Crippen molar-refractivity contribution in [2.75, 3.05) is 19.6 Å². The summed E-state index contributed by atoms with van der Waals surface area (Å²) in [5.41, 5.74) is 0.844. The van der Waals surface area contributed by atoms with E-state index in [0.29, 0.717) is 13.0 Å². The van der Waals surface area contributed by atoms with Gasteiger partial charge in [-0.2, -0.15) is 0 Å². The van der Waals surface area contributed by atoms with Gasteiger partial charge in [-0.05, 0) is 24.8 Å². The number of nitrogens with one attached hydrogen (secondary N) is 2. The maximum Gasteiger partial charge on any atom is 0.317 e. The molecule has 2 N–H and O–H groups in total. The van der Waals surface area contributed by atoms with E-state index in [9.17, 15) is 9.59 Å². The van der Waals surface area contributed by atoms with Crippen molar-refractivity contribution in [2.45, 2.75) is 38.6 Å². The maximum atomic E-state index is 11.8. The number of carbonyl (C=O) groups excluding carboxylic acids is 2. The molecule has 18 heavy (non-hydrogen) atoms. The molecule has 1 rings (SSSR count). The van der Waals surface area contributed by atoms with Crippen LogP contribution >= 0.6 is 0 Å². The molecule has 0 aliphatic carbocycles. The standard InChI is InChI=1S/C13H23N3O2/c1-3-6-12(15-10-17)11(2)9-14-13(18)16-7-4-5-8-16/h10,12H,2-9H2,1H3,(H,14,18)(H,15,17). The second-order valence-electron chi connectivity index (χ2n) is 4.64. The molecule has 1 aliphatic rings. The second-order valence-corrected chi connectivity index (χ2v) is 4.64. The van der Waals surface area contributed by atoms with Crippen LogP contribution in [-0.4, -0.2) is 43.0 Å². The Morgan fingerprint density at radius 3 is 2.67 bits per heavy atom. The van der Waals surface area contributed by atoms with Gasteiger partial charge in [0, 0.05) is 19.6 Å². The van der Waals surface area contributed by atoms with Crippen LogP contribution in [0.25, 0.3) is 0 Å². The molecule has 1 fully saturated rings. The van der Waals surface area contributed by atoms with Gasteiger partial charge in [0.2, 0.25) is 6.41 Å². The van der Waals surface area contributed by atoms with Gasteiger partial charge in [0.1, 0.15) is 0 Å². The number of hydrogen-bond acceptors (Lipinski definition) is 2. The molecule has 0 spiro atoms. The van der Waals surface area contributed by atoms with Crippen molar-refractivity contribution in [1.29, 1.82) is 0 Å². The summed E-state index contributed by atoms with van der Waals surface area (Å²) in [6.45, 7) is 8.08. The second kappa shape index (κ2) is 7.74. The highest BCUT2D eigenvalue weighted by molar-refractivity contribution is 5.74. The van der Waals surface area contributed by atoms with Crippen LogP contribution in [0, 0.1) is 0 Å². The Hall–Kier alpha value is -1.52. The first-order chi connectivity index (χ1) is 8.69. The molecule has 102 valence electrons. The van der Waals surface area contributed by atoms with Crippen molar-refractivity contribution in [2.24, 2.45) is 0 Å². The number of likely N-dealkylation sites (tertiary alicyclic amines) is 1. The minimum Gasteiger partial charge on any atom is -0.352 e. The summed E-state index contributed by atoms with van der Waals surface area (Å²) in [6, 6.07) is -0.0821. The van der Waals surface area contributed by atoms with Crippen LogP contribution in [0.4, 0.5) is 4.79 Å². The lowest BCUT2D eigenvalue weighted by Crippen LogP contribution is -2.41. The molecule has 1 aliphatic heterocycles. The van der Waals surface area contributed by atoms with E-state index in [1.165, 1.54) is 0 Å². The first-order valence-corrected chi connectivity index (χ1v) is 6.59. The fourth-order valence-electron chi connectivity index (χ4n) is 2.12. The van der Waals surface area contributed by atoms with Gasteiger partial charge in [-0.25, -0.2) is 4.79 Å². The van der Waals surface area contributed by atoms with Crippen molar-refractivity contribution in [3.63, 3.8) is 0 Å². The lowest BCUT2D eigenvalue weighted by atomic mass is 10.0. The summed E-state index contributed by atoms with van der Waals surface area (Å²) in [5.74, 6) is 0. The molecular weight excluding hydrogens is 230 g/mol. The van der Waals surface area contributed by atoms with Gasteiger partial charge < -0.3 is 15.5 Å². The third kappa shape index (κ3) is 4.39. The zero-order valence-electron chi connectivity index (χ0n) is 11.1. The van der Waals surface area contributed by atoms with Gasteiger partial charge in [-0.3, -0.25) is 4.79 Å². The van der Waals surface area contributed by atoms with Crippen molar-refractivity contribution in [3.05, 3.63) is 12.2 Å². The molecule has 5 nitrogen and oxygen atoms in total. The maximum absolute atomic E-state index is 11.8. The van der Waals surface area contributed by atoms with E-state index in [1.54, 1.807) is 0 Å². The van der Waals surface area contributed by atoms with Gasteiger partial charge in [-0.1, -0.05) is 19.9 Å². The van der Waals surface area contributed by atoms with Gasteiger partial charge in [0.15, 0.2) is 0 Å². The van der Waals surface area contributed by atoms with Crippen LogP contribution < -0.4 is 10.6 Å². The van der Waals surface area contributed by atoms with Gasteiger partial charge in [0.25, 0.3) is 0 Å². The highest BCUT2D eigenvalue weighted by Crippen LogP contribution is 2.08. The summed E-state index contributed by atoms with van der Waals surface area (Å²) >= 11 is 0. The normalized spacial score (nSPS) is 16.2. The smallest absolute Gasteiger partial charge is 0.317 e. The van der Waals surface area contributed by atoms with Crippen LogP contribution in [0.2, 0.25) is 0 Å². The minimum atomic E-state index is -0.0496. The molecule has 1 unspecified atom stereocenters. The fraction of sp³-hybridized carbons (Fsp3) is 0.692. The molecule has 0 saturated carbocycles. The SMILES string of the molecule is C=C(CNC(=O)N1CCCC1)C(CCC)NC=O. The number of rotatable bonds is 7. The lowest BCUT2D eigenvalue weighted by Gasteiger charge is -2.21. The first kappa shape index (κ1) is 14.5. The Kier molecular flexibility index (Phi) is 6.25. The summed E-state index contributed by atoms with van der Waals surface area (Å²) in [7, 11) is 0. The van der Waals surface area contributed by atoms with Crippen LogP contribution in [0.1, 0.15) is 32.6 Å². The predicted molar refractivity (Wildman–Crippen MR) is 71.2 cm³/mol. The van der Waals surface area contributed by atoms with E-state index in [1.807, 2.05) is 4.90 Å². The lowest BCUT2D eigenvalue weighted by molar-refractivity contribution is -0.110. The molecule has 0 aromatic carbocycles. The zero-order valence-corrected chi connectivity index (χ0v) is 11.1. The van der Waals surface area contributed by atoms with E-state index in [2.05, 4.69) is 24.1 Å². The van der Waals surface area contributed by atoms with Crippen LogP contribution in [0.3, 0.4) is 0 Å². The third-order valence-electron chi connectivity index (χ3n) is 3.20. The molecule has 0 radical (unpaired) electrons. The monoisotopic (exact) mass is 253 g/mol. The Bertz CT molecular complexity index is 299. The fourth-order valence-corrected chi connectivity index (χ4v) is 2.12. The average molecular weight is 253 g/mol. The first-order valence-electron chi connectivity index (χ1n) is 6.59. The molecule has 3 amide bonds. The zero-order chi connectivity index (χ0) is 13.4. The number of urea groups is 1. The van der Waals surface area contributed by atoms with E-state index in [0.717, 1.165) is 44.3 Å². The molecule has 0 aromatic heterocycles.